The fourth-order valence-corrected chi connectivity index (χ4v) is 2.94. The van der Waals surface area contributed by atoms with Gasteiger partial charge in [-0.05, 0) is 53.5 Å². The van der Waals surface area contributed by atoms with E-state index in [9.17, 15) is 5.11 Å². The van der Waals surface area contributed by atoms with Crippen LogP contribution in [0.15, 0.2) is 48.5 Å². The molecule has 0 atom stereocenters. The minimum Gasteiger partial charge on any atom is -0.457 e. The summed E-state index contributed by atoms with van der Waals surface area (Å²) in [7, 11) is -1.73. The Morgan fingerprint density at radius 3 is 2.17 bits per heavy atom. The van der Waals surface area contributed by atoms with Crippen LogP contribution in [0.5, 0.6) is 11.5 Å². The topological polar surface area (TPSA) is 38.7 Å². The van der Waals surface area contributed by atoms with Gasteiger partial charge in [0.1, 0.15) is 11.5 Å². The first-order chi connectivity index (χ1) is 11.2. The molecule has 0 aliphatic heterocycles. The number of rotatable bonds is 6. The standard InChI is InChI=1S/C20H28O3Si/c1-20(2,3)24(4,5)22-15-16-9-11-18(12-10-16)23-19-8-6-7-17(13-19)14-21/h6-13,21H,14-15H2,1-5H3. The van der Waals surface area contributed by atoms with E-state index in [-0.39, 0.29) is 11.6 Å². The maximum Gasteiger partial charge on any atom is 0.192 e. The molecule has 0 radical (unpaired) electrons. The van der Waals surface area contributed by atoms with E-state index in [0.717, 1.165) is 22.6 Å². The van der Waals surface area contributed by atoms with Gasteiger partial charge in [-0.1, -0.05) is 45.0 Å². The Hall–Kier alpha value is -1.62. The molecule has 0 bridgehead atoms. The Morgan fingerprint density at radius 1 is 0.917 bits per heavy atom. The molecule has 0 fully saturated rings. The molecule has 130 valence electrons. The van der Waals surface area contributed by atoms with Crippen molar-refractivity contribution in [2.45, 2.75) is 52.1 Å². The number of benzene rings is 2. The van der Waals surface area contributed by atoms with Crippen molar-refractivity contribution in [3.8, 4) is 11.5 Å². The van der Waals surface area contributed by atoms with Crippen molar-refractivity contribution in [1.29, 1.82) is 0 Å². The average Bonchev–Trinajstić information content (AvgIpc) is 2.53. The minimum absolute atomic E-state index is 0.0148. The molecule has 0 aromatic heterocycles. The molecule has 4 heteroatoms. The summed E-state index contributed by atoms with van der Waals surface area (Å²) in [6.07, 6.45) is 0. The number of hydrogen-bond donors (Lipinski definition) is 1. The Labute approximate surface area is 146 Å². The van der Waals surface area contributed by atoms with E-state index >= 15 is 0 Å². The first-order valence-electron chi connectivity index (χ1n) is 8.32. The van der Waals surface area contributed by atoms with Crippen LogP contribution in [0.25, 0.3) is 0 Å². The summed E-state index contributed by atoms with van der Waals surface area (Å²) in [4.78, 5) is 0. The number of hydrogen-bond acceptors (Lipinski definition) is 3. The summed E-state index contributed by atoms with van der Waals surface area (Å²) in [6.45, 7) is 11.9. The molecule has 24 heavy (non-hydrogen) atoms. The third kappa shape index (κ3) is 4.93. The van der Waals surface area contributed by atoms with Gasteiger partial charge >= 0.3 is 0 Å². The smallest absolute Gasteiger partial charge is 0.192 e. The summed E-state index contributed by atoms with van der Waals surface area (Å²) >= 11 is 0. The summed E-state index contributed by atoms with van der Waals surface area (Å²) in [6, 6.07) is 15.5. The Kier molecular flexibility index (Phi) is 5.86. The van der Waals surface area contributed by atoms with Crippen molar-refractivity contribution in [1.82, 2.24) is 0 Å². The Bertz CT molecular complexity index is 657. The molecule has 1 N–H and O–H groups in total. The maximum absolute atomic E-state index is 9.18. The SMILES string of the molecule is CC(C)(C)[Si](C)(C)OCc1ccc(Oc2cccc(CO)c2)cc1. The van der Waals surface area contributed by atoms with E-state index in [1.54, 1.807) is 0 Å². The lowest BCUT2D eigenvalue weighted by Crippen LogP contribution is -2.40. The zero-order chi connectivity index (χ0) is 17.8. The van der Waals surface area contributed by atoms with Crippen molar-refractivity contribution < 1.29 is 14.3 Å². The molecule has 0 saturated carbocycles. The number of ether oxygens (including phenoxy) is 1. The van der Waals surface area contributed by atoms with Gasteiger partial charge < -0.3 is 14.3 Å². The molecule has 0 spiro atoms. The predicted molar refractivity (Wildman–Crippen MR) is 101 cm³/mol. The molecule has 0 unspecified atom stereocenters. The Balaban J connectivity index is 1.98. The average molecular weight is 345 g/mol. The summed E-state index contributed by atoms with van der Waals surface area (Å²) < 4.78 is 12.1. The third-order valence-electron chi connectivity index (χ3n) is 4.65. The molecule has 0 aliphatic carbocycles. The van der Waals surface area contributed by atoms with Crippen LogP contribution < -0.4 is 4.74 Å². The number of aliphatic hydroxyl groups excluding tert-OH is 1. The fraction of sp³-hybridized carbons (Fsp3) is 0.400. The van der Waals surface area contributed by atoms with Crippen LogP contribution in [-0.4, -0.2) is 13.4 Å². The van der Waals surface area contributed by atoms with E-state index in [1.807, 2.05) is 48.5 Å². The van der Waals surface area contributed by atoms with Crippen LogP contribution >= 0.6 is 0 Å². The van der Waals surface area contributed by atoms with Crippen LogP contribution in [0.4, 0.5) is 0 Å². The van der Waals surface area contributed by atoms with Crippen LogP contribution in [0.1, 0.15) is 31.9 Å². The quantitative estimate of drug-likeness (QED) is 0.704. The first kappa shape index (κ1) is 18.7. The monoisotopic (exact) mass is 344 g/mol. The molecular weight excluding hydrogens is 316 g/mol. The Morgan fingerprint density at radius 2 is 1.58 bits per heavy atom. The second kappa shape index (κ2) is 7.51. The fourth-order valence-electron chi connectivity index (χ4n) is 1.98. The van der Waals surface area contributed by atoms with Gasteiger partial charge in [0.15, 0.2) is 8.32 Å². The summed E-state index contributed by atoms with van der Waals surface area (Å²) in [5, 5.41) is 9.40. The molecule has 0 heterocycles. The van der Waals surface area contributed by atoms with E-state index in [2.05, 4.69) is 33.9 Å². The van der Waals surface area contributed by atoms with Crippen molar-refractivity contribution >= 4 is 8.32 Å². The van der Waals surface area contributed by atoms with Gasteiger partial charge in [-0.2, -0.15) is 0 Å². The highest BCUT2D eigenvalue weighted by Crippen LogP contribution is 2.37. The molecule has 3 nitrogen and oxygen atoms in total. The highest BCUT2D eigenvalue weighted by molar-refractivity contribution is 6.74. The van der Waals surface area contributed by atoms with Gasteiger partial charge in [-0.25, -0.2) is 0 Å². The lowest BCUT2D eigenvalue weighted by molar-refractivity contribution is 0.276. The molecular formula is C20H28O3Si. The van der Waals surface area contributed by atoms with Crippen molar-refractivity contribution in [3.05, 3.63) is 59.7 Å². The van der Waals surface area contributed by atoms with Gasteiger partial charge in [0.25, 0.3) is 0 Å². The lowest BCUT2D eigenvalue weighted by atomic mass is 10.2. The van der Waals surface area contributed by atoms with Crippen molar-refractivity contribution in [2.24, 2.45) is 0 Å². The largest absolute Gasteiger partial charge is 0.457 e. The third-order valence-corrected chi connectivity index (χ3v) is 9.12. The van der Waals surface area contributed by atoms with Crippen molar-refractivity contribution in [3.63, 3.8) is 0 Å². The summed E-state index contributed by atoms with van der Waals surface area (Å²) in [5.41, 5.74) is 1.99. The number of aliphatic hydroxyl groups is 1. The van der Waals surface area contributed by atoms with Gasteiger partial charge in [0.2, 0.25) is 0 Å². The van der Waals surface area contributed by atoms with Gasteiger partial charge in [-0.3, -0.25) is 0 Å². The van der Waals surface area contributed by atoms with Crippen molar-refractivity contribution in [2.75, 3.05) is 0 Å². The highest BCUT2D eigenvalue weighted by Gasteiger charge is 2.36. The second-order valence-corrected chi connectivity index (χ2v) is 12.4. The molecule has 2 aromatic rings. The minimum atomic E-state index is -1.73. The van der Waals surface area contributed by atoms with Gasteiger partial charge in [0, 0.05) is 0 Å². The molecule has 2 aromatic carbocycles. The van der Waals surface area contributed by atoms with Crippen LogP contribution in [0.2, 0.25) is 18.1 Å². The first-order valence-corrected chi connectivity index (χ1v) is 11.2. The van der Waals surface area contributed by atoms with Gasteiger partial charge in [0.05, 0.1) is 13.2 Å². The predicted octanol–water partition coefficient (Wildman–Crippen LogP) is 5.49. The van der Waals surface area contributed by atoms with E-state index < -0.39 is 8.32 Å². The van der Waals surface area contributed by atoms with Crippen LogP contribution in [0, 0.1) is 0 Å². The summed E-state index contributed by atoms with van der Waals surface area (Å²) in [5.74, 6) is 1.51. The second-order valence-electron chi connectivity index (χ2n) is 7.60. The molecule has 0 aliphatic rings. The molecule has 0 amide bonds. The van der Waals surface area contributed by atoms with Gasteiger partial charge in [-0.15, -0.1) is 0 Å². The lowest BCUT2D eigenvalue weighted by Gasteiger charge is -2.36. The zero-order valence-corrected chi connectivity index (χ0v) is 16.3. The van der Waals surface area contributed by atoms with Crippen LogP contribution in [-0.2, 0) is 17.6 Å². The maximum atomic E-state index is 9.18. The van der Waals surface area contributed by atoms with E-state index in [0.29, 0.717) is 6.61 Å². The van der Waals surface area contributed by atoms with Crippen LogP contribution in [0.3, 0.4) is 0 Å². The normalized spacial score (nSPS) is 12.2. The van der Waals surface area contributed by atoms with E-state index in [1.165, 1.54) is 0 Å². The zero-order valence-electron chi connectivity index (χ0n) is 15.3. The highest BCUT2D eigenvalue weighted by atomic mass is 28.4. The molecule has 2 rings (SSSR count). The molecule has 0 saturated heterocycles. The van der Waals surface area contributed by atoms with E-state index in [4.69, 9.17) is 9.16 Å².